The predicted octanol–water partition coefficient (Wildman–Crippen LogP) is 7.20. The fraction of sp³-hybridized carbons (Fsp3) is 1.00. The van der Waals surface area contributed by atoms with Gasteiger partial charge in [0.25, 0.3) is 0 Å². The second kappa shape index (κ2) is 15.2. The topological polar surface area (TPSA) is 36.9 Å². The highest BCUT2D eigenvalue weighted by Crippen LogP contribution is 2.28. The summed E-state index contributed by atoms with van der Waals surface area (Å²) in [5.41, 5.74) is 0.504. The molecule has 2 atom stereocenters. The van der Waals surface area contributed by atoms with Crippen molar-refractivity contribution in [3.8, 4) is 0 Å². The lowest BCUT2D eigenvalue weighted by Crippen LogP contribution is -2.28. The van der Waals surface area contributed by atoms with Crippen LogP contribution in [0.25, 0.3) is 0 Å². The molecule has 0 spiro atoms. The van der Waals surface area contributed by atoms with Crippen LogP contribution in [0.5, 0.6) is 0 Å². The molecule has 4 nitrogen and oxygen atoms in total. The Bertz CT molecular complexity index is 403. The van der Waals surface area contributed by atoms with Gasteiger partial charge in [0.1, 0.15) is 0 Å². The van der Waals surface area contributed by atoms with Gasteiger partial charge in [-0.15, -0.1) is 0 Å². The molecule has 2 aliphatic rings. The first-order chi connectivity index (χ1) is 14.9. The molecule has 2 fully saturated rings. The van der Waals surface area contributed by atoms with Crippen molar-refractivity contribution in [2.24, 2.45) is 10.8 Å². The summed E-state index contributed by atoms with van der Waals surface area (Å²) in [6.45, 7) is 12.7. The van der Waals surface area contributed by atoms with Crippen molar-refractivity contribution in [2.45, 2.75) is 117 Å². The molecule has 5 heteroatoms. The number of ether oxygens (including phenoxy) is 4. The molecule has 0 saturated carbocycles. The summed E-state index contributed by atoms with van der Waals surface area (Å²) >= 11 is 2.12. The molecule has 0 radical (unpaired) electrons. The Kier molecular flexibility index (Phi) is 13.4. The highest BCUT2D eigenvalue weighted by atomic mass is 32.2. The maximum atomic E-state index is 6.01. The Morgan fingerprint density at radius 3 is 1.52 bits per heavy atom. The number of hydrogen-bond donors (Lipinski definition) is 0. The van der Waals surface area contributed by atoms with Crippen molar-refractivity contribution in [1.82, 2.24) is 0 Å². The summed E-state index contributed by atoms with van der Waals surface area (Å²) in [6.07, 6.45) is 14.7. The van der Waals surface area contributed by atoms with Crippen LogP contribution in [0.2, 0.25) is 0 Å². The molecule has 0 aliphatic carbocycles. The van der Waals surface area contributed by atoms with E-state index in [-0.39, 0.29) is 23.4 Å². The van der Waals surface area contributed by atoms with Crippen LogP contribution in [0.1, 0.15) is 105 Å². The third kappa shape index (κ3) is 13.5. The van der Waals surface area contributed by atoms with E-state index in [9.17, 15) is 0 Å². The van der Waals surface area contributed by atoms with Crippen molar-refractivity contribution < 1.29 is 18.9 Å². The lowest BCUT2D eigenvalue weighted by molar-refractivity contribution is -0.176. The van der Waals surface area contributed by atoms with Crippen LogP contribution in [0.3, 0.4) is 0 Å². The maximum absolute atomic E-state index is 6.01. The van der Waals surface area contributed by atoms with E-state index in [1.54, 1.807) is 0 Å². The molecule has 0 aromatic rings. The van der Waals surface area contributed by atoms with Gasteiger partial charge in [-0.3, -0.25) is 0 Å². The molecule has 2 saturated heterocycles. The Balaban J connectivity index is 1.39. The summed E-state index contributed by atoms with van der Waals surface area (Å²) in [5.74, 6) is 2.57. The van der Waals surface area contributed by atoms with E-state index in [2.05, 4.69) is 39.5 Å². The van der Waals surface area contributed by atoms with E-state index >= 15 is 0 Å². The minimum atomic E-state index is 0.0423. The van der Waals surface area contributed by atoms with Crippen molar-refractivity contribution in [3.05, 3.63) is 0 Å². The number of rotatable bonds is 16. The predicted molar refractivity (Wildman–Crippen MR) is 132 cm³/mol. The summed E-state index contributed by atoms with van der Waals surface area (Å²) in [7, 11) is 0. The van der Waals surface area contributed by atoms with E-state index in [0.717, 1.165) is 39.3 Å². The van der Waals surface area contributed by atoms with Gasteiger partial charge in [0, 0.05) is 13.2 Å². The van der Waals surface area contributed by atoms with Gasteiger partial charge in [0.15, 0.2) is 12.6 Å². The van der Waals surface area contributed by atoms with E-state index in [1.807, 2.05) is 0 Å². The largest absolute Gasteiger partial charge is 0.353 e. The van der Waals surface area contributed by atoms with Gasteiger partial charge in [-0.1, -0.05) is 40.5 Å². The lowest BCUT2D eigenvalue weighted by Gasteiger charge is -2.29. The van der Waals surface area contributed by atoms with Crippen LogP contribution in [0.15, 0.2) is 0 Å². The quantitative estimate of drug-likeness (QED) is 0.229. The first-order valence-corrected chi connectivity index (χ1v) is 14.1. The summed E-state index contributed by atoms with van der Waals surface area (Å²) < 4.78 is 23.4. The van der Waals surface area contributed by atoms with Crippen LogP contribution in [0, 0.1) is 10.8 Å². The van der Waals surface area contributed by atoms with Crippen LogP contribution in [0.4, 0.5) is 0 Å². The summed E-state index contributed by atoms with van der Waals surface area (Å²) in [4.78, 5) is 0. The van der Waals surface area contributed by atoms with Gasteiger partial charge in [0.2, 0.25) is 0 Å². The molecule has 2 aliphatic heterocycles. The zero-order chi connectivity index (χ0) is 22.4. The van der Waals surface area contributed by atoms with E-state index < -0.39 is 0 Å². The monoisotopic (exact) mass is 458 g/mol. The second-order valence-electron chi connectivity index (χ2n) is 11.1. The van der Waals surface area contributed by atoms with E-state index in [4.69, 9.17) is 18.9 Å². The normalized spacial score (nSPS) is 23.2. The average Bonchev–Trinajstić information content (AvgIpc) is 2.77. The maximum Gasteiger partial charge on any atom is 0.157 e. The van der Waals surface area contributed by atoms with Crippen LogP contribution in [-0.2, 0) is 18.9 Å². The van der Waals surface area contributed by atoms with Gasteiger partial charge < -0.3 is 18.9 Å². The minimum absolute atomic E-state index is 0.0423. The van der Waals surface area contributed by atoms with E-state index in [1.165, 1.54) is 75.7 Å². The molecular formula is C26H50O4S. The van der Waals surface area contributed by atoms with Gasteiger partial charge in [-0.2, -0.15) is 11.8 Å². The fourth-order valence-electron chi connectivity index (χ4n) is 4.18. The molecule has 0 bridgehead atoms. The summed E-state index contributed by atoms with van der Waals surface area (Å²) in [5, 5.41) is 0. The number of unbranched alkanes of at least 4 members (excludes halogenated alkanes) is 2. The van der Waals surface area contributed by atoms with Crippen molar-refractivity contribution >= 4 is 11.8 Å². The Labute approximate surface area is 196 Å². The zero-order valence-corrected chi connectivity index (χ0v) is 21.7. The van der Waals surface area contributed by atoms with Crippen molar-refractivity contribution in [3.63, 3.8) is 0 Å². The Morgan fingerprint density at radius 1 is 0.677 bits per heavy atom. The van der Waals surface area contributed by atoms with Crippen molar-refractivity contribution in [1.29, 1.82) is 0 Å². The van der Waals surface area contributed by atoms with Crippen LogP contribution < -0.4 is 0 Å². The zero-order valence-electron chi connectivity index (χ0n) is 20.9. The third-order valence-corrected chi connectivity index (χ3v) is 7.53. The van der Waals surface area contributed by atoms with Crippen LogP contribution in [-0.4, -0.2) is 50.5 Å². The standard InChI is InChI=1S/C26H50O4S/c1-25(2,21-29-23-13-5-9-17-27-23)15-7-11-19-31-20-12-8-16-26(3,4)22-30-24-14-6-10-18-28-24/h23-24H,5-22H2,1-4H3. The van der Waals surface area contributed by atoms with Gasteiger partial charge in [-0.05, 0) is 86.5 Å². The molecule has 0 aromatic carbocycles. The molecule has 2 unspecified atom stereocenters. The number of hydrogen-bond acceptors (Lipinski definition) is 5. The highest BCUT2D eigenvalue weighted by molar-refractivity contribution is 7.99. The summed E-state index contributed by atoms with van der Waals surface area (Å²) in [6, 6.07) is 0. The fourth-order valence-corrected chi connectivity index (χ4v) is 5.20. The molecule has 0 aromatic heterocycles. The van der Waals surface area contributed by atoms with Crippen LogP contribution >= 0.6 is 11.8 Å². The average molecular weight is 459 g/mol. The van der Waals surface area contributed by atoms with Gasteiger partial charge >= 0.3 is 0 Å². The first-order valence-electron chi connectivity index (χ1n) is 12.9. The highest BCUT2D eigenvalue weighted by Gasteiger charge is 2.23. The SMILES string of the molecule is CC(C)(CCCCSCCCCC(C)(C)COC1CCCCO1)COC1CCCCO1. The smallest absolute Gasteiger partial charge is 0.157 e. The lowest BCUT2D eigenvalue weighted by atomic mass is 9.88. The van der Waals surface area contributed by atoms with Crippen molar-refractivity contribution in [2.75, 3.05) is 37.9 Å². The molecule has 2 rings (SSSR count). The van der Waals surface area contributed by atoms with E-state index in [0.29, 0.717) is 0 Å². The number of thioether (sulfide) groups is 1. The molecule has 2 heterocycles. The molecule has 184 valence electrons. The van der Waals surface area contributed by atoms with Gasteiger partial charge in [0.05, 0.1) is 13.2 Å². The Morgan fingerprint density at radius 2 is 1.13 bits per heavy atom. The first kappa shape index (κ1) is 27.4. The minimum Gasteiger partial charge on any atom is -0.353 e. The van der Waals surface area contributed by atoms with Gasteiger partial charge in [-0.25, -0.2) is 0 Å². The molecular weight excluding hydrogens is 408 g/mol. The third-order valence-electron chi connectivity index (χ3n) is 6.38. The molecule has 31 heavy (non-hydrogen) atoms. The molecule has 0 amide bonds. The second-order valence-corrected chi connectivity index (χ2v) is 12.3. The Hall–Kier alpha value is 0.190. The molecule has 0 N–H and O–H groups in total.